The van der Waals surface area contributed by atoms with E-state index in [1.807, 2.05) is 43.3 Å². The van der Waals surface area contributed by atoms with Gasteiger partial charge in [0.05, 0.1) is 17.6 Å². The summed E-state index contributed by atoms with van der Waals surface area (Å²) in [5, 5.41) is 11.1. The molecule has 2 aromatic heterocycles. The Morgan fingerprint density at radius 2 is 2.13 bits per heavy atom. The van der Waals surface area contributed by atoms with E-state index in [0.29, 0.717) is 6.42 Å². The average Bonchev–Trinajstić information content (AvgIpc) is 2.98. The summed E-state index contributed by atoms with van der Waals surface area (Å²) in [6.45, 7) is 1.91. The lowest BCUT2D eigenvalue weighted by atomic mass is 10.1. The Labute approximate surface area is 134 Å². The van der Waals surface area contributed by atoms with Crippen LogP contribution in [-0.2, 0) is 11.2 Å². The lowest BCUT2D eigenvalue weighted by molar-refractivity contribution is -0.123. The monoisotopic (exact) mass is 309 g/mol. The van der Waals surface area contributed by atoms with Crippen molar-refractivity contribution >= 4 is 16.8 Å². The molecule has 0 spiro atoms. The van der Waals surface area contributed by atoms with E-state index >= 15 is 0 Å². The minimum atomic E-state index is -0.641. The van der Waals surface area contributed by atoms with Crippen LogP contribution in [0.1, 0.15) is 24.2 Å². The van der Waals surface area contributed by atoms with E-state index in [2.05, 4.69) is 20.5 Å². The molecule has 118 valence electrons. The van der Waals surface area contributed by atoms with Crippen molar-refractivity contribution in [2.75, 3.05) is 0 Å². The van der Waals surface area contributed by atoms with Gasteiger partial charge < -0.3 is 11.1 Å². The molecule has 0 aliphatic rings. The molecule has 1 aromatic carbocycles. The number of fused-ring (bicyclic) bond motifs is 1. The number of para-hydroxylation sites is 1. The number of pyridine rings is 1. The van der Waals surface area contributed by atoms with Crippen LogP contribution < -0.4 is 11.1 Å². The normalized spacial score (nSPS) is 13.7. The smallest absolute Gasteiger partial charge is 0.237 e. The third kappa shape index (κ3) is 3.37. The summed E-state index contributed by atoms with van der Waals surface area (Å²) in [4.78, 5) is 16.4. The molecule has 23 heavy (non-hydrogen) atoms. The lowest BCUT2D eigenvalue weighted by Crippen LogP contribution is -2.43. The van der Waals surface area contributed by atoms with Crippen molar-refractivity contribution in [1.82, 2.24) is 20.5 Å². The Morgan fingerprint density at radius 1 is 1.30 bits per heavy atom. The zero-order chi connectivity index (χ0) is 16.2. The molecule has 0 bridgehead atoms. The minimum Gasteiger partial charge on any atom is -0.348 e. The summed E-state index contributed by atoms with van der Waals surface area (Å²) in [7, 11) is 0. The third-order valence-corrected chi connectivity index (χ3v) is 3.84. The van der Waals surface area contributed by atoms with E-state index in [1.165, 1.54) is 0 Å². The van der Waals surface area contributed by atoms with Gasteiger partial charge >= 0.3 is 0 Å². The molecule has 2 atom stereocenters. The van der Waals surface area contributed by atoms with Crippen molar-refractivity contribution in [3.63, 3.8) is 0 Å². The number of H-pyrrole nitrogens is 1. The summed E-state index contributed by atoms with van der Waals surface area (Å²) in [5.74, 6) is -0.194. The predicted octanol–water partition coefficient (Wildman–Crippen LogP) is 1.71. The van der Waals surface area contributed by atoms with Crippen molar-refractivity contribution in [1.29, 1.82) is 0 Å². The first-order valence-corrected chi connectivity index (χ1v) is 7.53. The largest absolute Gasteiger partial charge is 0.348 e. The number of hydrogen-bond donors (Lipinski definition) is 3. The van der Waals surface area contributed by atoms with Gasteiger partial charge in [0.1, 0.15) is 0 Å². The highest BCUT2D eigenvalue weighted by Crippen LogP contribution is 2.16. The maximum Gasteiger partial charge on any atom is 0.237 e. The molecule has 4 N–H and O–H groups in total. The van der Waals surface area contributed by atoms with Crippen molar-refractivity contribution in [3.05, 3.63) is 60.0 Å². The van der Waals surface area contributed by atoms with Gasteiger partial charge in [0, 0.05) is 29.9 Å². The van der Waals surface area contributed by atoms with Gasteiger partial charge in [-0.15, -0.1) is 0 Å². The van der Waals surface area contributed by atoms with E-state index in [0.717, 1.165) is 22.2 Å². The van der Waals surface area contributed by atoms with Crippen molar-refractivity contribution in [2.24, 2.45) is 5.73 Å². The highest BCUT2D eigenvalue weighted by molar-refractivity contribution is 5.85. The Kier molecular flexibility index (Phi) is 4.34. The molecule has 6 heteroatoms. The molecule has 1 amide bonds. The first-order valence-electron chi connectivity index (χ1n) is 7.53. The van der Waals surface area contributed by atoms with Crippen LogP contribution in [-0.4, -0.2) is 27.1 Å². The average molecular weight is 309 g/mol. The summed E-state index contributed by atoms with van der Waals surface area (Å²) in [5.41, 5.74) is 8.74. The zero-order valence-corrected chi connectivity index (χ0v) is 12.9. The number of amides is 1. The fourth-order valence-corrected chi connectivity index (χ4v) is 2.52. The molecule has 0 radical (unpaired) electrons. The summed E-state index contributed by atoms with van der Waals surface area (Å²) in [6, 6.07) is 10.7. The number of carbonyl (C=O) groups excluding carboxylic acids is 1. The van der Waals surface area contributed by atoms with Crippen LogP contribution in [0, 0.1) is 0 Å². The predicted molar refractivity (Wildman–Crippen MR) is 88.6 cm³/mol. The second kappa shape index (κ2) is 6.58. The molecule has 0 aliphatic carbocycles. The van der Waals surface area contributed by atoms with E-state index < -0.39 is 6.04 Å². The Hall–Kier alpha value is -2.73. The summed E-state index contributed by atoms with van der Waals surface area (Å²) < 4.78 is 0. The van der Waals surface area contributed by atoms with Gasteiger partial charge in [-0.1, -0.05) is 24.3 Å². The second-order valence-corrected chi connectivity index (χ2v) is 5.55. The standard InChI is InChI=1S/C17H19N5O/c1-11(12-5-4-8-19-10-12)20-17(23)14(18)9-16-13-6-2-3-7-15(13)21-22-16/h2-8,10-11,14H,9,18H2,1H3,(H,20,23)(H,21,22). The van der Waals surface area contributed by atoms with E-state index in [-0.39, 0.29) is 11.9 Å². The van der Waals surface area contributed by atoms with Crippen LogP contribution in [0.4, 0.5) is 0 Å². The number of nitrogens with one attached hydrogen (secondary N) is 2. The van der Waals surface area contributed by atoms with E-state index in [1.54, 1.807) is 12.4 Å². The first kappa shape index (κ1) is 15.2. The molecule has 2 heterocycles. The van der Waals surface area contributed by atoms with E-state index in [4.69, 9.17) is 5.73 Å². The number of rotatable bonds is 5. The second-order valence-electron chi connectivity index (χ2n) is 5.55. The SMILES string of the molecule is CC(NC(=O)C(N)Cc1[nH]nc2ccccc12)c1cccnc1. The fraction of sp³-hybridized carbons (Fsp3) is 0.235. The maximum absolute atomic E-state index is 12.3. The molecule has 3 aromatic rings. The zero-order valence-electron chi connectivity index (χ0n) is 12.9. The van der Waals surface area contributed by atoms with Gasteiger partial charge in [-0.3, -0.25) is 14.9 Å². The molecule has 3 rings (SSSR count). The topological polar surface area (TPSA) is 96.7 Å². The van der Waals surface area contributed by atoms with Gasteiger partial charge in [-0.2, -0.15) is 5.10 Å². The van der Waals surface area contributed by atoms with Crippen LogP contribution >= 0.6 is 0 Å². The van der Waals surface area contributed by atoms with Gasteiger partial charge in [-0.05, 0) is 24.6 Å². The number of benzene rings is 1. The maximum atomic E-state index is 12.3. The number of nitrogens with zero attached hydrogens (tertiary/aromatic N) is 2. The number of aromatic nitrogens is 3. The quantitative estimate of drug-likeness (QED) is 0.668. The van der Waals surface area contributed by atoms with Crippen LogP contribution in [0.5, 0.6) is 0 Å². The van der Waals surface area contributed by atoms with Gasteiger partial charge in [-0.25, -0.2) is 0 Å². The fourth-order valence-electron chi connectivity index (χ4n) is 2.52. The van der Waals surface area contributed by atoms with Crippen LogP contribution in [0.2, 0.25) is 0 Å². The van der Waals surface area contributed by atoms with Crippen molar-refractivity contribution in [2.45, 2.75) is 25.4 Å². The first-order chi connectivity index (χ1) is 11.1. The minimum absolute atomic E-state index is 0.138. The molecule has 0 fully saturated rings. The van der Waals surface area contributed by atoms with E-state index in [9.17, 15) is 4.79 Å². The Morgan fingerprint density at radius 3 is 2.91 bits per heavy atom. The molecule has 2 unspecified atom stereocenters. The van der Waals surface area contributed by atoms with Gasteiger partial charge in [0.2, 0.25) is 5.91 Å². The van der Waals surface area contributed by atoms with Gasteiger partial charge in [0.15, 0.2) is 0 Å². The molecule has 0 aliphatic heterocycles. The Balaban J connectivity index is 1.66. The van der Waals surface area contributed by atoms with Crippen LogP contribution in [0.3, 0.4) is 0 Å². The molecule has 0 saturated heterocycles. The number of aromatic amines is 1. The highest BCUT2D eigenvalue weighted by Gasteiger charge is 2.19. The lowest BCUT2D eigenvalue weighted by Gasteiger charge is -2.17. The number of hydrogen-bond acceptors (Lipinski definition) is 4. The number of carbonyl (C=O) groups is 1. The molecule has 0 saturated carbocycles. The molecular weight excluding hydrogens is 290 g/mol. The van der Waals surface area contributed by atoms with Crippen molar-refractivity contribution in [3.8, 4) is 0 Å². The summed E-state index contributed by atoms with van der Waals surface area (Å²) in [6.07, 6.45) is 3.85. The summed E-state index contributed by atoms with van der Waals surface area (Å²) >= 11 is 0. The van der Waals surface area contributed by atoms with Crippen LogP contribution in [0.25, 0.3) is 10.9 Å². The van der Waals surface area contributed by atoms with Crippen molar-refractivity contribution < 1.29 is 4.79 Å². The Bertz CT molecular complexity index is 799. The molecule has 6 nitrogen and oxygen atoms in total. The third-order valence-electron chi connectivity index (χ3n) is 3.84. The molecular formula is C17H19N5O. The van der Waals surface area contributed by atoms with Gasteiger partial charge in [0.25, 0.3) is 0 Å². The number of nitrogens with two attached hydrogens (primary N) is 1. The van der Waals surface area contributed by atoms with Crippen LogP contribution in [0.15, 0.2) is 48.8 Å². The highest BCUT2D eigenvalue weighted by atomic mass is 16.2.